The molecule has 0 aliphatic carbocycles. The number of nitrogens with zero attached hydrogens (tertiary/aromatic N) is 3. The maximum atomic E-state index is 13.0. The molecule has 3 aromatic rings. The van der Waals surface area contributed by atoms with Crippen molar-refractivity contribution in [1.29, 1.82) is 0 Å². The van der Waals surface area contributed by atoms with E-state index in [0.717, 1.165) is 47.4 Å². The lowest BCUT2D eigenvalue weighted by atomic mass is 9.97. The van der Waals surface area contributed by atoms with Crippen LogP contribution in [0.3, 0.4) is 0 Å². The minimum Gasteiger partial charge on any atom is -0.355 e. The summed E-state index contributed by atoms with van der Waals surface area (Å²) in [4.78, 5) is 26.1. The number of hydrogen-bond acceptors (Lipinski definition) is 5. The first kappa shape index (κ1) is 18.8. The highest BCUT2D eigenvalue weighted by molar-refractivity contribution is 7.18. The van der Waals surface area contributed by atoms with Crippen LogP contribution in [0.25, 0.3) is 10.2 Å². The quantitative estimate of drug-likeness (QED) is 0.708. The molecule has 1 aromatic carbocycles. The average Bonchev–Trinajstić information content (AvgIpc) is 3.16. The van der Waals surface area contributed by atoms with Crippen molar-refractivity contribution in [3.05, 3.63) is 52.9 Å². The minimum absolute atomic E-state index is 0.0406. The maximum absolute atomic E-state index is 13.0. The highest BCUT2D eigenvalue weighted by Crippen LogP contribution is 2.32. The van der Waals surface area contributed by atoms with Crippen LogP contribution in [0.5, 0.6) is 0 Å². The Morgan fingerprint density at radius 1 is 1.32 bits per heavy atom. The second-order valence-electron chi connectivity index (χ2n) is 7.11. The van der Waals surface area contributed by atoms with E-state index in [1.165, 1.54) is 17.0 Å². The summed E-state index contributed by atoms with van der Waals surface area (Å²) in [5.74, 6) is 0.619. The van der Waals surface area contributed by atoms with Crippen LogP contribution in [0.15, 0.2) is 36.7 Å². The zero-order chi connectivity index (χ0) is 19.5. The number of thiophene rings is 1. The van der Waals surface area contributed by atoms with E-state index in [9.17, 15) is 9.18 Å². The molecule has 1 aliphatic rings. The second kappa shape index (κ2) is 8.22. The molecule has 146 valence electrons. The molecule has 1 N–H and O–H groups in total. The molecule has 0 unspecified atom stereocenters. The van der Waals surface area contributed by atoms with E-state index in [1.54, 1.807) is 29.8 Å². The minimum atomic E-state index is -0.270. The van der Waals surface area contributed by atoms with Gasteiger partial charge in [-0.05, 0) is 43.0 Å². The smallest absolute Gasteiger partial charge is 0.225 e. The van der Waals surface area contributed by atoms with Crippen molar-refractivity contribution in [2.45, 2.75) is 32.7 Å². The summed E-state index contributed by atoms with van der Waals surface area (Å²) in [7, 11) is 0. The average molecular weight is 399 g/mol. The topological polar surface area (TPSA) is 58.1 Å². The van der Waals surface area contributed by atoms with Crippen LogP contribution in [0.1, 0.15) is 30.2 Å². The molecule has 1 fully saturated rings. The van der Waals surface area contributed by atoms with Crippen molar-refractivity contribution in [2.75, 3.05) is 18.0 Å². The molecule has 0 spiro atoms. The standard InChI is InChI=1S/C21H23FN4OS/c1-2-17-10-18-19(24-13-25-21(18)28-17)26-9-3-4-15(12-26)20(27)23-11-14-5-7-16(22)8-6-14/h5-8,10,13,15H,2-4,9,11-12H2,1H3,(H,23,27)/t15-/m0/s1. The molecule has 1 atom stereocenters. The molecule has 1 amide bonds. The molecule has 7 heteroatoms. The Bertz CT molecular complexity index is 972. The first-order valence-corrected chi connectivity index (χ1v) is 10.5. The van der Waals surface area contributed by atoms with Crippen LogP contribution < -0.4 is 10.2 Å². The number of rotatable bonds is 5. The van der Waals surface area contributed by atoms with Crippen molar-refractivity contribution < 1.29 is 9.18 Å². The number of piperidine rings is 1. The van der Waals surface area contributed by atoms with E-state index in [2.05, 4.69) is 33.2 Å². The Balaban J connectivity index is 1.45. The molecule has 0 radical (unpaired) electrons. The van der Waals surface area contributed by atoms with Gasteiger partial charge in [-0.15, -0.1) is 11.3 Å². The zero-order valence-corrected chi connectivity index (χ0v) is 16.6. The zero-order valence-electron chi connectivity index (χ0n) is 15.8. The van der Waals surface area contributed by atoms with E-state index in [4.69, 9.17) is 0 Å². The van der Waals surface area contributed by atoms with Gasteiger partial charge in [0.1, 0.15) is 22.8 Å². The Labute approximate surface area is 167 Å². The summed E-state index contributed by atoms with van der Waals surface area (Å²) in [6.07, 6.45) is 4.41. The number of amides is 1. The van der Waals surface area contributed by atoms with Gasteiger partial charge in [0, 0.05) is 24.5 Å². The predicted octanol–water partition coefficient (Wildman–Crippen LogP) is 3.93. The fourth-order valence-corrected chi connectivity index (χ4v) is 4.57. The van der Waals surface area contributed by atoms with Gasteiger partial charge in [0.15, 0.2) is 0 Å². The number of halogens is 1. The van der Waals surface area contributed by atoms with Crippen LogP contribution in [-0.4, -0.2) is 29.0 Å². The molecule has 0 saturated carbocycles. The molecule has 3 heterocycles. The number of carbonyl (C=O) groups is 1. The molecular weight excluding hydrogens is 375 g/mol. The van der Waals surface area contributed by atoms with Gasteiger partial charge < -0.3 is 10.2 Å². The first-order chi connectivity index (χ1) is 13.6. The molecule has 1 saturated heterocycles. The van der Waals surface area contributed by atoms with Gasteiger partial charge in [-0.2, -0.15) is 0 Å². The van der Waals surface area contributed by atoms with Crippen molar-refractivity contribution in [3.63, 3.8) is 0 Å². The second-order valence-corrected chi connectivity index (χ2v) is 8.23. The van der Waals surface area contributed by atoms with Crippen LogP contribution in [0, 0.1) is 11.7 Å². The Kier molecular flexibility index (Phi) is 5.52. The third kappa shape index (κ3) is 3.99. The van der Waals surface area contributed by atoms with Crippen LogP contribution in [0.2, 0.25) is 0 Å². The van der Waals surface area contributed by atoms with E-state index in [0.29, 0.717) is 13.1 Å². The highest BCUT2D eigenvalue weighted by atomic mass is 32.1. The SMILES string of the molecule is CCc1cc2c(N3CCC[C@H](C(=O)NCc4ccc(F)cc4)C3)ncnc2s1. The van der Waals surface area contributed by atoms with Crippen LogP contribution in [-0.2, 0) is 17.8 Å². The number of carbonyl (C=O) groups excluding carboxylic acids is 1. The number of aromatic nitrogens is 2. The van der Waals surface area contributed by atoms with Crippen molar-refractivity contribution >= 4 is 33.3 Å². The monoisotopic (exact) mass is 398 g/mol. The first-order valence-electron chi connectivity index (χ1n) is 9.64. The number of hydrogen-bond donors (Lipinski definition) is 1. The predicted molar refractivity (Wildman–Crippen MR) is 110 cm³/mol. The highest BCUT2D eigenvalue weighted by Gasteiger charge is 2.27. The lowest BCUT2D eigenvalue weighted by Crippen LogP contribution is -2.43. The maximum Gasteiger partial charge on any atom is 0.225 e. The van der Waals surface area contributed by atoms with Crippen molar-refractivity contribution in [2.24, 2.45) is 5.92 Å². The van der Waals surface area contributed by atoms with Gasteiger partial charge in [0.25, 0.3) is 0 Å². The third-order valence-electron chi connectivity index (χ3n) is 5.18. The fraction of sp³-hybridized carbons (Fsp3) is 0.381. The molecule has 0 bridgehead atoms. The van der Waals surface area contributed by atoms with Gasteiger partial charge >= 0.3 is 0 Å². The van der Waals surface area contributed by atoms with Gasteiger partial charge in [-0.1, -0.05) is 19.1 Å². The summed E-state index contributed by atoms with van der Waals surface area (Å²) in [6.45, 7) is 4.10. The van der Waals surface area contributed by atoms with Gasteiger partial charge in [-0.25, -0.2) is 14.4 Å². The van der Waals surface area contributed by atoms with E-state index in [1.807, 2.05) is 0 Å². The molecule has 28 heavy (non-hydrogen) atoms. The van der Waals surface area contributed by atoms with E-state index >= 15 is 0 Å². The van der Waals surface area contributed by atoms with Crippen molar-refractivity contribution in [1.82, 2.24) is 15.3 Å². The van der Waals surface area contributed by atoms with Crippen LogP contribution in [0.4, 0.5) is 10.2 Å². The fourth-order valence-electron chi connectivity index (χ4n) is 3.64. The molecule has 5 nitrogen and oxygen atoms in total. The molecular formula is C21H23FN4OS. The summed E-state index contributed by atoms with van der Waals surface area (Å²) in [6, 6.07) is 8.39. The molecule has 2 aromatic heterocycles. The van der Waals surface area contributed by atoms with Crippen LogP contribution >= 0.6 is 11.3 Å². The lowest BCUT2D eigenvalue weighted by molar-refractivity contribution is -0.125. The normalized spacial score (nSPS) is 17.1. The Hall–Kier alpha value is -2.54. The number of anilines is 1. The summed E-state index contributed by atoms with van der Waals surface area (Å²) in [5, 5.41) is 4.07. The van der Waals surface area contributed by atoms with E-state index < -0.39 is 0 Å². The molecule has 4 rings (SSSR count). The number of aryl methyl sites for hydroxylation is 1. The van der Waals surface area contributed by atoms with Gasteiger partial charge in [-0.3, -0.25) is 4.79 Å². The number of fused-ring (bicyclic) bond motifs is 1. The van der Waals surface area contributed by atoms with Gasteiger partial charge in [0.2, 0.25) is 5.91 Å². The van der Waals surface area contributed by atoms with E-state index in [-0.39, 0.29) is 17.6 Å². The van der Waals surface area contributed by atoms with Gasteiger partial charge in [0.05, 0.1) is 11.3 Å². The Morgan fingerprint density at radius 3 is 2.93 bits per heavy atom. The summed E-state index contributed by atoms with van der Waals surface area (Å²) < 4.78 is 13.0. The largest absolute Gasteiger partial charge is 0.355 e. The summed E-state index contributed by atoms with van der Waals surface area (Å²) >= 11 is 1.71. The molecule has 1 aliphatic heterocycles. The lowest BCUT2D eigenvalue weighted by Gasteiger charge is -2.33. The third-order valence-corrected chi connectivity index (χ3v) is 6.37. The van der Waals surface area contributed by atoms with Crippen molar-refractivity contribution in [3.8, 4) is 0 Å². The Morgan fingerprint density at radius 2 is 2.14 bits per heavy atom. The summed E-state index contributed by atoms with van der Waals surface area (Å²) in [5.41, 5.74) is 0.894. The number of benzene rings is 1. The number of nitrogens with one attached hydrogen (secondary N) is 1.